The van der Waals surface area contributed by atoms with Crippen LogP contribution in [0.4, 0.5) is 5.69 Å². The Bertz CT molecular complexity index is 699. The first-order valence-electron chi connectivity index (χ1n) is 8.22. The second-order valence-electron chi connectivity index (χ2n) is 6.00. The van der Waals surface area contributed by atoms with Gasteiger partial charge in [0.15, 0.2) is 0 Å². The Balaban J connectivity index is 1.84. The lowest BCUT2D eigenvalue weighted by molar-refractivity contribution is -0.113. The summed E-state index contributed by atoms with van der Waals surface area (Å²) in [5.41, 5.74) is 3.21. The molecule has 0 aliphatic carbocycles. The van der Waals surface area contributed by atoms with E-state index in [1.165, 1.54) is 11.1 Å². The highest BCUT2D eigenvalue weighted by Gasteiger charge is 2.09. The lowest BCUT2D eigenvalue weighted by Crippen LogP contribution is -2.14. The Kier molecular flexibility index (Phi) is 7.19. The van der Waals surface area contributed by atoms with Gasteiger partial charge in [-0.3, -0.25) is 4.79 Å². The molecule has 0 aliphatic rings. The molecule has 0 saturated carbocycles. The minimum atomic E-state index is -0.0488. The largest absolute Gasteiger partial charge is 0.497 e. The van der Waals surface area contributed by atoms with Gasteiger partial charge in [-0.15, -0.1) is 11.8 Å². The van der Waals surface area contributed by atoms with Crippen LogP contribution < -0.4 is 14.8 Å². The van der Waals surface area contributed by atoms with Gasteiger partial charge in [0, 0.05) is 11.8 Å². The number of nitrogens with one attached hydrogen (secondary N) is 1. The number of anilines is 1. The standard InChI is InChI=1S/C20H25NO3S/c1-14(2)16-7-5-15(6-8-16)12-25-13-20(22)21-18-10-9-17(23-3)11-19(18)24-4/h5-11,14H,12-13H2,1-4H3,(H,21,22). The minimum Gasteiger partial charge on any atom is -0.497 e. The lowest BCUT2D eigenvalue weighted by atomic mass is 10.0. The summed E-state index contributed by atoms with van der Waals surface area (Å²) in [5, 5.41) is 2.88. The predicted molar refractivity (Wildman–Crippen MR) is 105 cm³/mol. The highest BCUT2D eigenvalue weighted by Crippen LogP contribution is 2.29. The molecule has 0 atom stereocenters. The summed E-state index contributed by atoms with van der Waals surface area (Å²) in [6, 6.07) is 13.9. The second-order valence-corrected chi connectivity index (χ2v) is 6.99. The summed E-state index contributed by atoms with van der Waals surface area (Å²) >= 11 is 1.59. The Morgan fingerprint density at radius 2 is 1.80 bits per heavy atom. The summed E-state index contributed by atoms with van der Waals surface area (Å²) in [5.74, 6) is 2.96. The van der Waals surface area contributed by atoms with Crippen molar-refractivity contribution in [1.82, 2.24) is 0 Å². The SMILES string of the molecule is COc1ccc(NC(=O)CSCc2ccc(C(C)C)cc2)c(OC)c1. The molecular formula is C20H25NO3S. The highest BCUT2D eigenvalue weighted by atomic mass is 32.2. The van der Waals surface area contributed by atoms with E-state index in [1.54, 1.807) is 44.2 Å². The fourth-order valence-corrected chi connectivity index (χ4v) is 3.14. The van der Waals surface area contributed by atoms with Gasteiger partial charge < -0.3 is 14.8 Å². The number of thioether (sulfide) groups is 1. The van der Waals surface area contributed by atoms with E-state index in [9.17, 15) is 4.79 Å². The molecule has 1 amide bonds. The summed E-state index contributed by atoms with van der Waals surface area (Å²) in [7, 11) is 3.16. The normalized spacial score (nSPS) is 10.6. The van der Waals surface area contributed by atoms with E-state index in [-0.39, 0.29) is 5.91 Å². The molecule has 0 heterocycles. The van der Waals surface area contributed by atoms with Crippen molar-refractivity contribution in [2.45, 2.75) is 25.5 Å². The molecule has 0 saturated heterocycles. The Hall–Kier alpha value is -2.14. The average Bonchev–Trinajstić information content (AvgIpc) is 2.62. The number of carbonyl (C=O) groups excluding carboxylic acids is 1. The number of hydrogen-bond acceptors (Lipinski definition) is 4. The van der Waals surface area contributed by atoms with Gasteiger partial charge in [0.05, 0.1) is 25.7 Å². The molecule has 0 bridgehead atoms. The molecular weight excluding hydrogens is 334 g/mol. The number of benzene rings is 2. The van der Waals surface area contributed by atoms with Gasteiger partial charge in [0.25, 0.3) is 0 Å². The first-order valence-corrected chi connectivity index (χ1v) is 9.37. The van der Waals surface area contributed by atoms with Gasteiger partial charge in [0.2, 0.25) is 5.91 Å². The zero-order chi connectivity index (χ0) is 18.2. The van der Waals surface area contributed by atoms with Crippen molar-refractivity contribution in [3.8, 4) is 11.5 Å². The van der Waals surface area contributed by atoms with E-state index in [0.29, 0.717) is 28.9 Å². The van der Waals surface area contributed by atoms with Crippen molar-refractivity contribution >= 4 is 23.4 Å². The van der Waals surface area contributed by atoms with Gasteiger partial charge in [-0.25, -0.2) is 0 Å². The maximum absolute atomic E-state index is 12.1. The predicted octanol–water partition coefficient (Wildman–Crippen LogP) is 4.70. The maximum Gasteiger partial charge on any atom is 0.234 e. The summed E-state index contributed by atoms with van der Waals surface area (Å²) in [6.45, 7) is 4.36. The van der Waals surface area contributed by atoms with E-state index < -0.39 is 0 Å². The van der Waals surface area contributed by atoms with Crippen LogP contribution in [0.25, 0.3) is 0 Å². The molecule has 2 aromatic carbocycles. The van der Waals surface area contributed by atoms with Crippen molar-refractivity contribution in [2.24, 2.45) is 0 Å². The highest BCUT2D eigenvalue weighted by molar-refractivity contribution is 7.99. The monoisotopic (exact) mass is 359 g/mol. The number of rotatable bonds is 8. The van der Waals surface area contributed by atoms with Crippen molar-refractivity contribution in [1.29, 1.82) is 0 Å². The van der Waals surface area contributed by atoms with Gasteiger partial charge >= 0.3 is 0 Å². The third kappa shape index (κ3) is 5.71. The van der Waals surface area contributed by atoms with Crippen LogP contribution in [-0.2, 0) is 10.5 Å². The van der Waals surface area contributed by atoms with Gasteiger partial charge in [0.1, 0.15) is 11.5 Å². The first kappa shape index (κ1) is 19.2. The maximum atomic E-state index is 12.1. The molecule has 134 valence electrons. The molecule has 0 aromatic heterocycles. The molecule has 5 heteroatoms. The fourth-order valence-electron chi connectivity index (χ4n) is 2.35. The molecule has 0 spiro atoms. The third-order valence-electron chi connectivity index (χ3n) is 3.83. The van der Waals surface area contributed by atoms with E-state index in [2.05, 4.69) is 43.4 Å². The van der Waals surface area contributed by atoms with Crippen LogP contribution >= 0.6 is 11.8 Å². The topological polar surface area (TPSA) is 47.6 Å². The van der Waals surface area contributed by atoms with Crippen molar-refractivity contribution in [2.75, 3.05) is 25.3 Å². The van der Waals surface area contributed by atoms with Crippen molar-refractivity contribution < 1.29 is 14.3 Å². The molecule has 2 rings (SSSR count). The molecule has 0 aliphatic heterocycles. The van der Waals surface area contributed by atoms with Crippen LogP contribution in [0.15, 0.2) is 42.5 Å². The van der Waals surface area contributed by atoms with Crippen LogP contribution in [0.3, 0.4) is 0 Å². The molecule has 25 heavy (non-hydrogen) atoms. The van der Waals surface area contributed by atoms with Crippen LogP contribution in [-0.4, -0.2) is 25.9 Å². The van der Waals surface area contributed by atoms with Crippen LogP contribution in [0.5, 0.6) is 11.5 Å². The molecule has 4 nitrogen and oxygen atoms in total. The fraction of sp³-hybridized carbons (Fsp3) is 0.350. The zero-order valence-electron chi connectivity index (χ0n) is 15.2. The molecule has 0 fully saturated rings. The number of carbonyl (C=O) groups is 1. The Labute approximate surface area is 153 Å². The smallest absolute Gasteiger partial charge is 0.234 e. The molecule has 2 aromatic rings. The van der Waals surface area contributed by atoms with Gasteiger partial charge in [-0.2, -0.15) is 0 Å². The van der Waals surface area contributed by atoms with E-state index in [4.69, 9.17) is 9.47 Å². The summed E-state index contributed by atoms with van der Waals surface area (Å²) < 4.78 is 10.4. The minimum absolute atomic E-state index is 0.0488. The van der Waals surface area contributed by atoms with E-state index in [0.717, 1.165) is 5.75 Å². The van der Waals surface area contributed by atoms with E-state index >= 15 is 0 Å². The second kappa shape index (κ2) is 9.37. The number of methoxy groups -OCH3 is 2. The number of amides is 1. The Morgan fingerprint density at radius 3 is 2.40 bits per heavy atom. The van der Waals surface area contributed by atoms with Gasteiger partial charge in [-0.1, -0.05) is 38.1 Å². The summed E-state index contributed by atoms with van der Waals surface area (Å²) in [6.07, 6.45) is 0. The van der Waals surface area contributed by atoms with Crippen LogP contribution in [0, 0.1) is 0 Å². The zero-order valence-corrected chi connectivity index (χ0v) is 16.0. The van der Waals surface area contributed by atoms with Crippen molar-refractivity contribution in [3.05, 3.63) is 53.6 Å². The van der Waals surface area contributed by atoms with E-state index in [1.807, 2.05) is 0 Å². The van der Waals surface area contributed by atoms with Crippen LogP contribution in [0.2, 0.25) is 0 Å². The first-order chi connectivity index (χ1) is 12.0. The molecule has 0 unspecified atom stereocenters. The quantitative estimate of drug-likeness (QED) is 0.742. The van der Waals surface area contributed by atoms with Crippen molar-refractivity contribution in [3.63, 3.8) is 0 Å². The van der Waals surface area contributed by atoms with Crippen LogP contribution in [0.1, 0.15) is 30.9 Å². The van der Waals surface area contributed by atoms with Gasteiger partial charge in [-0.05, 0) is 29.2 Å². The Morgan fingerprint density at radius 1 is 1.08 bits per heavy atom. The molecule has 0 radical (unpaired) electrons. The summed E-state index contributed by atoms with van der Waals surface area (Å²) in [4.78, 5) is 12.1. The number of hydrogen-bond donors (Lipinski definition) is 1. The average molecular weight is 359 g/mol. The lowest BCUT2D eigenvalue weighted by Gasteiger charge is -2.11. The number of ether oxygens (including phenoxy) is 2. The molecule has 1 N–H and O–H groups in total. The third-order valence-corrected chi connectivity index (χ3v) is 4.83.